The first kappa shape index (κ1) is 24.0. The van der Waals surface area contributed by atoms with Crippen molar-refractivity contribution in [3.63, 3.8) is 0 Å². The summed E-state index contributed by atoms with van der Waals surface area (Å²) >= 11 is 0. The van der Waals surface area contributed by atoms with E-state index in [1.54, 1.807) is 31.2 Å². The Morgan fingerprint density at radius 2 is 1.51 bits per heavy atom. The number of rotatable bonds is 9. The number of benzene rings is 3. The first-order valence-electron chi connectivity index (χ1n) is 11.6. The second kappa shape index (κ2) is 10.9. The number of carboxylic acid groups (broad SMARTS) is 1. The van der Waals surface area contributed by atoms with Crippen molar-refractivity contribution in [1.29, 1.82) is 0 Å². The minimum atomic E-state index is -0.896. The maximum absolute atomic E-state index is 12.5. The molecule has 180 valence electrons. The minimum absolute atomic E-state index is 0.0212. The lowest BCUT2D eigenvalue weighted by Gasteiger charge is -2.17. The van der Waals surface area contributed by atoms with Gasteiger partial charge in [-0.3, -0.25) is 9.59 Å². The van der Waals surface area contributed by atoms with Crippen molar-refractivity contribution in [1.82, 2.24) is 5.32 Å². The van der Waals surface area contributed by atoms with Crippen LogP contribution in [0.1, 0.15) is 42.4 Å². The average molecular weight is 473 g/mol. The molecule has 0 fully saturated rings. The summed E-state index contributed by atoms with van der Waals surface area (Å²) in [5.74, 6) is -1.21. The Labute approximate surface area is 204 Å². The van der Waals surface area contributed by atoms with Gasteiger partial charge in [0.2, 0.25) is 5.91 Å². The molecular weight excluding hydrogens is 444 g/mol. The quantitative estimate of drug-likeness (QED) is 0.408. The number of carbonyl (C=O) groups excluding carboxylic acids is 2. The number of alkyl carbamates (subject to hydrolysis) is 1. The number of nitrogens with one attached hydrogen (secondary N) is 2. The highest BCUT2D eigenvalue weighted by atomic mass is 16.5. The molecule has 0 bridgehead atoms. The molecule has 35 heavy (non-hydrogen) atoms. The first-order valence-corrected chi connectivity index (χ1v) is 11.6. The van der Waals surface area contributed by atoms with Gasteiger partial charge >= 0.3 is 12.1 Å². The number of ether oxygens (including phenoxy) is 1. The largest absolute Gasteiger partial charge is 0.481 e. The van der Waals surface area contributed by atoms with Gasteiger partial charge in [0.1, 0.15) is 6.61 Å². The van der Waals surface area contributed by atoms with Crippen LogP contribution in [0.4, 0.5) is 10.5 Å². The number of aliphatic carboxylic acids is 1. The van der Waals surface area contributed by atoms with Crippen molar-refractivity contribution in [3.05, 3.63) is 89.5 Å². The van der Waals surface area contributed by atoms with E-state index in [-0.39, 0.29) is 31.3 Å². The molecule has 0 spiro atoms. The number of hydrogen-bond donors (Lipinski definition) is 3. The van der Waals surface area contributed by atoms with Gasteiger partial charge in [0.15, 0.2) is 0 Å². The van der Waals surface area contributed by atoms with E-state index in [1.165, 1.54) is 0 Å². The summed E-state index contributed by atoms with van der Waals surface area (Å²) in [4.78, 5) is 35.8. The summed E-state index contributed by atoms with van der Waals surface area (Å²) in [7, 11) is 0. The van der Waals surface area contributed by atoms with Crippen molar-refractivity contribution in [3.8, 4) is 11.1 Å². The number of para-hydroxylation sites is 1. The van der Waals surface area contributed by atoms with Crippen LogP contribution >= 0.6 is 0 Å². The van der Waals surface area contributed by atoms with E-state index in [0.717, 1.165) is 27.8 Å². The molecule has 0 radical (unpaired) electrons. The van der Waals surface area contributed by atoms with E-state index in [2.05, 4.69) is 34.9 Å². The highest BCUT2D eigenvalue weighted by molar-refractivity contribution is 5.92. The highest BCUT2D eigenvalue weighted by Crippen LogP contribution is 2.44. The maximum atomic E-state index is 12.5. The van der Waals surface area contributed by atoms with E-state index in [0.29, 0.717) is 12.1 Å². The highest BCUT2D eigenvalue weighted by Gasteiger charge is 2.29. The van der Waals surface area contributed by atoms with Crippen LogP contribution in [-0.4, -0.2) is 35.7 Å². The summed E-state index contributed by atoms with van der Waals surface area (Å²) in [5, 5.41) is 14.5. The van der Waals surface area contributed by atoms with Crippen LogP contribution < -0.4 is 10.6 Å². The number of aryl methyl sites for hydroxylation is 1. The SMILES string of the molecule is C[C@H](CC(=O)Nc1ccccc1CCC(=O)O)NC(=O)OCC1c2ccccc2-c2ccccc21. The standard InChI is InChI=1S/C28H28N2O5/c1-18(16-26(31)30-25-13-7-2-8-19(25)14-15-27(32)33)29-28(34)35-17-24-22-11-5-3-9-20(22)21-10-4-6-12-23(21)24/h2-13,18,24H,14-17H2,1H3,(H,29,34)(H,30,31)(H,32,33)/t18-/m1/s1. The van der Waals surface area contributed by atoms with Crippen molar-refractivity contribution in [2.24, 2.45) is 0 Å². The lowest BCUT2D eigenvalue weighted by Crippen LogP contribution is -2.36. The van der Waals surface area contributed by atoms with Crippen molar-refractivity contribution < 1.29 is 24.2 Å². The van der Waals surface area contributed by atoms with Crippen LogP contribution in [0.2, 0.25) is 0 Å². The summed E-state index contributed by atoms with van der Waals surface area (Å²) in [6, 6.07) is 22.9. The van der Waals surface area contributed by atoms with Gasteiger partial charge in [0.05, 0.1) is 0 Å². The number of fused-ring (bicyclic) bond motifs is 3. The molecule has 0 saturated carbocycles. The topological polar surface area (TPSA) is 105 Å². The second-order valence-electron chi connectivity index (χ2n) is 8.67. The fourth-order valence-corrected chi connectivity index (χ4v) is 4.47. The van der Waals surface area contributed by atoms with E-state index in [9.17, 15) is 14.4 Å². The molecule has 1 atom stereocenters. The fraction of sp³-hybridized carbons (Fsp3) is 0.250. The first-order chi connectivity index (χ1) is 16.9. The molecule has 0 unspecified atom stereocenters. The molecule has 1 aliphatic rings. The van der Waals surface area contributed by atoms with Crippen LogP contribution in [0.5, 0.6) is 0 Å². The second-order valence-corrected chi connectivity index (χ2v) is 8.67. The molecule has 3 aromatic carbocycles. The van der Waals surface area contributed by atoms with Crippen LogP contribution in [0, 0.1) is 0 Å². The van der Waals surface area contributed by atoms with Gasteiger partial charge in [0.25, 0.3) is 0 Å². The maximum Gasteiger partial charge on any atom is 0.407 e. The number of carbonyl (C=O) groups is 3. The van der Waals surface area contributed by atoms with E-state index >= 15 is 0 Å². The summed E-state index contributed by atoms with van der Waals surface area (Å²) in [6.45, 7) is 1.94. The van der Waals surface area contributed by atoms with Crippen LogP contribution in [0.25, 0.3) is 11.1 Å². The summed E-state index contributed by atoms with van der Waals surface area (Å²) in [6.07, 6.45) is -0.224. The van der Waals surface area contributed by atoms with Crippen LogP contribution in [0.15, 0.2) is 72.8 Å². The average Bonchev–Trinajstić information content (AvgIpc) is 3.15. The van der Waals surface area contributed by atoms with E-state index in [4.69, 9.17) is 9.84 Å². The Morgan fingerprint density at radius 1 is 0.914 bits per heavy atom. The number of hydrogen-bond acceptors (Lipinski definition) is 4. The molecule has 3 N–H and O–H groups in total. The number of carboxylic acids is 1. The molecule has 0 heterocycles. The molecule has 0 saturated heterocycles. The van der Waals surface area contributed by atoms with Crippen LogP contribution in [-0.2, 0) is 20.7 Å². The molecule has 7 nitrogen and oxygen atoms in total. The normalized spacial score (nSPS) is 12.8. The molecule has 1 aliphatic carbocycles. The smallest absolute Gasteiger partial charge is 0.407 e. The predicted octanol–water partition coefficient (Wildman–Crippen LogP) is 4.96. The Kier molecular flexibility index (Phi) is 7.45. The van der Waals surface area contributed by atoms with Gasteiger partial charge < -0.3 is 20.5 Å². The summed E-state index contributed by atoms with van der Waals surface area (Å²) < 4.78 is 5.55. The van der Waals surface area contributed by atoms with Gasteiger partial charge in [-0.2, -0.15) is 0 Å². The van der Waals surface area contributed by atoms with Gasteiger partial charge in [0, 0.05) is 30.5 Å². The number of anilines is 1. The Bertz CT molecular complexity index is 1190. The van der Waals surface area contributed by atoms with Crippen molar-refractivity contribution in [2.45, 2.75) is 38.1 Å². The third-order valence-electron chi connectivity index (χ3n) is 6.10. The Hall–Kier alpha value is -4.13. The van der Waals surface area contributed by atoms with Crippen LogP contribution in [0.3, 0.4) is 0 Å². The molecular formula is C28H28N2O5. The minimum Gasteiger partial charge on any atom is -0.481 e. The van der Waals surface area contributed by atoms with Gasteiger partial charge in [-0.25, -0.2) is 4.79 Å². The zero-order valence-corrected chi connectivity index (χ0v) is 19.5. The Balaban J connectivity index is 1.29. The molecule has 0 aromatic heterocycles. The molecule has 3 aromatic rings. The van der Waals surface area contributed by atoms with Crippen molar-refractivity contribution >= 4 is 23.7 Å². The lowest BCUT2D eigenvalue weighted by molar-refractivity contribution is -0.137. The molecule has 2 amide bonds. The van der Waals surface area contributed by atoms with E-state index < -0.39 is 18.1 Å². The third kappa shape index (κ3) is 5.87. The van der Waals surface area contributed by atoms with Gasteiger partial charge in [-0.1, -0.05) is 66.7 Å². The van der Waals surface area contributed by atoms with Gasteiger partial charge in [-0.15, -0.1) is 0 Å². The lowest BCUT2D eigenvalue weighted by atomic mass is 9.98. The zero-order valence-electron chi connectivity index (χ0n) is 19.5. The van der Waals surface area contributed by atoms with Gasteiger partial charge in [-0.05, 0) is 47.2 Å². The number of amides is 2. The predicted molar refractivity (Wildman–Crippen MR) is 133 cm³/mol. The Morgan fingerprint density at radius 3 is 2.17 bits per heavy atom. The summed E-state index contributed by atoms with van der Waals surface area (Å²) in [5.41, 5.74) is 5.91. The molecule has 0 aliphatic heterocycles. The fourth-order valence-electron chi connectivity index (χ4n) is 4.47. The third-order valence-corrected chi connectivity index (χ3v) is 6.10. The molecule has 7 heteroatoms. The molecule has 4 rings (SSSR count). The zero-order chi connectivity index (χ0) is 24.8. The van der Waals surface area contributed by atoms with E-state index in [1.807, 2.05) is 24.3 Å². The monoisotopic (exact) mass is 472 g/mol. The van der Waals surface area contributed by atoms with Crippen molar-refractivity contribution in [2.75, 3.05) is 11.9 Å².